The minimum Gasteiger partial charge on any atom is -0.478 e. The van der Waals surface area contributed by atoms with Crippen molar-refractivity contribution in [2.24, 2.45) is 4.99 Å². The van der Waals surface area contributed by atoms with E-state index in [4.69, 9.17) is 0 Å². The number of aromatic amines is 1. The molecule has 0 unspecified atom stereocenters. The molecular weight excluding hydrogens is 330 g/mol. The van der Waals surface area contributed by atoms with Crippen LogP contribution in [-0.2, 0) is 6.42 Å². The highest BCUT2D eigenvalue weighted by Gasteiger charge is 2.12. The second kappa shape index (κ2) is 7.23. The number of aromatic carboxylic acids is 1. The fourth-order valence-corrected chi connectivity index (χ4v) is 2.71. The topological polar surface area (TPSA) is 87.4 Å². The summed E-state index contributed by atoms with van der Waals surface area (Å²) in [5, 5.41) is 12.3. The van der Waals surface area contributed by atoms with Crippen molar-refractivity contribution in [3.05, 3.63) is 81.3 Å². The molecule has 0 spiro atoms. The Morgan fingerprint density at radius 2 is 2.00 bits per heavy atom. The summed E-state index contributed by atoms with van der Waals surface area (Å²) in [5.74, 6) is -1.06. The Morgan fingerprint density at radius 1 is 1.23 bits per heavy atom. The van der Waals surface area contributed by atoms with Crippen molar-refractivity contribution in [2.75, 3.05) is 0 Å². The lowest BCUT2D eigenvalue weighted by molar-refractivity contribution is 0.0698. The number of nitrogens with zero attached hydrogens (tertiary/aromatic N) is 2. The van der Waals surface area contributed by atoms with E-state index in [9.17, 15) is 14.7 Å². The number of H-pyrrole nitrogens is 1. The van der Waals surface area contributed by atoms with Gasteiger partial charge in [-0.25, -0.2) is 9.48 Å². The zero-order valence-electron chi connectivity index (χ0n) is 14.6. The molecule has 2 aromatic carbocycles. The zero-order valence-corrected chi connectivity index (χ0v) is 14.6. The number of para-hydroxylation sites is 1. The van der Waals surface area contributed by atoms with Crippen LogP contribution >= 0.6 is 0 Å². The summed E-state index contributed by atoms with van der Waals surface area (Å²) in [4.78, 5) is 28.2. The number of benzene rings is 2. The van der Waals surface area contributed by atoms with E-state index in [-0.39, 0.29) is 11.1 Å². The number of carbonyl (C=O) groups is 1. The van der Waals surface area contributed by atoms with Gasteiger partial charge in [-0.1, -0.05) is 31.2 Å². The number of aliphatic imine (C=N–C) groups is 1. The highest BCUT2D eigenvalue weighted by Crippen LogP contribution is 2.18. The summed E-state index contributed by atoms with van der Waals surface area (Å²) in [5.41, 5.74) is 3.11. The van der Waals surface area contributed by atoms with Crippen LogP contribution < -0.4 is 5.56 Å². The number of carboxylic acids is 1. The van der Waals surface area contributed by atoms with Gasteiger partial charge in [0.05, 0.1) is 22.5 Å². The molecule has 3 rings (SSSR count). The maximum atomic E-state index is 12.8. The van der Waals surface area contributed by atoms with Gasteiger partial charge in [-0.3, -0.25) is 14.9 Å². The Balaban J connectivity index is 2.02. The Hall–Kier alpha value is -3.41. The smallest absolute Gasteiger partial charge is 0.337 e. The molecule has 0 bridgehead atoms. The van der Waals surface area contributed by atoms with Crippen LogP contribution in [-0.4, -0.2) is 27.1 Å². The van der Waals surface area contributed by atoms with Gasteiger partial charge >= 0.3 is 5.97 Å². The van der Waals surface area contributed by atoms with Crippen molar-refractivity contribution in [3.63, 3.8) is 0 Å². The summed E-state index contributed by atoms with van der Waals surface area (Å²) in [6.45, 7) is 3.84. The molecule has 0 radical (unpaired) electrons. The average Bonchev–Trinajstić information content (AvgIpc) is 2.94. The third-order valence-electron chi connectivity index (χ3n) is 4.16. The lowest BCUT2D eigenvalue weighted by Gasteiger charge is -2.03. The van der Waals surface area contributed by atoms with E-state index < -0.39 is 5.97 Å². The minimum atomic E-state index is -1.06. The van der Waals surface area contributed by atoms with E-state index in [1.54, 1.807) is 25.1 Å². The fraction of sp³-hybridized carbons (Fsp3) is 0.150. The van der Waals surface area contributed by atoms with Crippen molar-refractivity contribution < 1.29 is 9.90 Å². The van der Waals surface area contributed by atoms with Gasteiger partial charge in [-0.2, -0.15) is 0 Å². The van der Waals surface area contributed by atoms with Gasteiger partial charge in [-0.15, -0.1) is 0 Å². The SMILES string of the molecule is CCc1cccc(-n2[nH]c(C)c(C=Nc3ccccc3C(=O)O)c2=O)c1. The first-order valence-electron chi connectivity index (χ1n) is 8.28. The van der Waals surface area contributed by atoms with Gasteiger partial charge in [0.2, 0.25) is 0 Å². The van der Waals surface area contributed by atoms with E-state index in [2.05, 4.69) is 17.0 Å². The molecule has 132 valence electrons. The molecule has 0 saturated carbocycles. The maximum Gasteiger partial charge on any atom is 0.337 e. The molecule has 0 fully saturated rings. The third kappa shape index (κ3) is 3.35. The Bertz CT molecular complexity index is 1040. The number of hydrogen-bond donors (Lipinski definition) is 2. The largest absolute Gasteiger partial charge is 0.478 e. The van der Waals surface area contributed by atoms with Crippen LogP contribution in [0.15, 0.2) is 58.3 Å². The van der Waals surface area contributed by atoms with Crippen LogP contribution in [0.3, 0.4) is 0 Å². The predicted octanol–water partition coefficient (Wildman–Crippen LogP) is 3.49. The molecule has 0 aliphatic rings. The number of nitrogens with one attached hydrogen (secondary N) is 1. The molecule has 1 aromatic heterocycles. The third-order valence-corrected chi connectivity index (χ3v) is 4.16. The first-order valence-corrected chi connectivity index (χ1v) is 8.28. The summed E-state index contributed by atoms with van der Waals surface area (Å²) in [6, 6.07) is 14.2. The molecule has 3 aromatic rings. The van der Waals surface area contributed by atoms with E-state index in [0.717, 1.165) is 17.7 Å². The molecule has 0 atom stereocenters. The van der Waals surface area contributed by atoms with E-state index in [1.807, 2.05) is 24.3 Å². The van der Waals surface area contributed by atoms with Crippen LogP contribution in [0, 0.1) is 6.92 Å². The standard InChI is InChI=1S/C20H19N3O3/c1-3-14-7-6-8-15(11-14)23-19(24)17(13(2)22-23)12-21-18-10-5-4-9-16(18)20(25)26/h4-12,22H,3H2,1-2H3,(H,25,26). The average molecular weight is 349 g/mol. The van der Waals surface area contributed by atoms with Gasteiger partial charge in [-0.05, 0) is 43.2 Å². The first-order chi connectivity index (χ1) is 12.5. The van der Waals surface area contributed by atoms with Crippen molar-refractivity contribution in [3.8, 4) is 5.69 Å². The molecule has 0 amide bonds. The van der Waals surface area contributed by atoms with Gasteiger partial charge < -0.3 is 5.11 Å². The van der Waals surface area contributed by atoms with Crippen LogP contribution in [0.1, 0.15) is 34.1 Å². The lowest BCUT2D eigenvalue weighted by Crippen LogP contribution is -2.17. The van der Waals surface area contributed by atoms with Gasteiger partial charge in [0.15, 0.2) is 0 Å². The second-order valence-corrected chi connectivity index (χ2v) is 5.89. The fourth-order valence-electron chi connectivity index (χ4n) is 2.71. The number of hydrogen-bond acceptors (Lipinski definition) is 3. The Morgan fingerprint density at radius 3 is 2.73 bits per heavy atom. The summed E-state index contributed by atoms with van der Waals surface area (Å²) < 4.78 is 1.47. The lowest BCUT2D eigenvalue weighted by atomic mass is 10.1. The second-order valence-electron chi connectivity index (χ2n) is 5.89. The molecular formula is C20H19N3O3. The zero-order chi connectivity index (χ0) is 18.7. The predicted molar refractivity (Wildman–Crippen MR) is 101 cm³/mol. The normalized spacial score (nSPS) is 11.2. The number of aryl methyl sites for hydroxylation is 2. The molecule has 6 nitrogen and oxygen atoms in total. The van der Waals surface area contributed by atoms with Gasteiger partial charge in [0, 0.05) is 11.9 Å². The molecule has 6 heteroatoms. The molecule has 2 N–H and O–H groups in total. The Labute approximate surface area is 150 Å². The van der Waals surface area contributed by atoms with Crippen LogP contribution in [0.4, 0.5) is 5.69 Å². The number of carboxylic acid groups (broad SMARTS) is 1. The molecule has 0 saturated heterocycles. The van der Waals surface area contributed by atoms with E-state index >= 15 is 0 Å². The van der Waals surface area contributed by atoms with Crippen LogP contribution in [0.25, 0.3) is 5.69 Å². The van der Waals surface area contributed by atoms with Crippen molar-refractivity contribution in [2.45, 2.75) is 20.3 Å². The Kier molecular flexibility index (Phi) is 4.84. The number of aromatic nitrogens is 2. The summed E-state index contributed by atoms with van der Waals surface area (Å²) >= 11 is 0. The highest BCUT2D eigenvalue weighted by atomic mass is 16.4. The van der Waals surface area contributed by atoms with Gasteiger partial charge in [0.1, 0.15) is 0 Å². The molecule has 0 aliphatic heterocycles. The molecule has 0 aliphatic carbocycles. The van der Waals surface area contributed by atoms with Crippen molar-refractivity contribution in [1.29, 1.82) is 0 Å². The minimum absolute atomic E-state index is 0.0907. The maximum absolute atomic E-state index is 12.8. The molecule has 1 heterocycles. The summed E-state index contributed by atoms with van der Waals surface area (Å²) in [7, 11) is 0. The van der Waals surface area contributed by atoms with Crippen LogP contribution in [0.2, 0.25) is 0 Å². The quantitative estimate of drug-likeness (QED) is 0.691. The van der Waals surface area contributed by atoms with Crippen molar-refractivity contribution >= 4 is 17.9 Å². The first kappa shape index (κ1) is 17.4. The van der Waals surface area contributed by atoms with E-state index in [0.29, 0.717) is 16.9 Å². The van der Waals surface area contributed by atoms with Crippen molar-refractivity contribution in [1.82, 2.24) is 9.78 Å². The monoisotopic (exact) mass is 349 g/mol. The summed E-state index contributed by atoms with van der Waals surface area (Å²) in [6.07, 6.45) is 2.29. The van der Waals surface area contributed by atoms with E-state index in [1.165, 1.54) is 17.0 Å². The van der Waals surface area contributed by atoms with Crippen LogP contribution in [0.5, 0.6) is 0 Å². The highest BCUT2D eigenvalue weighted by molar-refractivity contribution is 5.95. The number of rotatable bonds is 5. The van der Waals surface area contributed by atoms with Gasteiger partial charge in [0.25, 0.3) is 5.56 Å². The molecule has 26 heavy (non-hydrogen) atoms.